The van der Waals surface area contributed by atoms with Crippen LogP contribution in [0.15, 0.2) is 24.3 Å². The zero-order chi connectivity index (χ0) is 13.3. The van der Waals surface area contributed by atoms with E-state index in [4.69, 9.17) is 16.3 Å². The summed E-state index contributed by atoms with van der Waals surface area (Å²) in [6.07, 6.45) is 2.79. The van der Waals surface area contributed by atoms with E-state index in [0.717, 1.165) is 17.7 Å². The van der Waals surface area contributed by atoms with E-state index in [-0.39, 0.29) is 9.83 Å². The number of benzene rings is 1. The van der Waals surface area contributed by atoms with Gasteiger partial charge >= 0.3 is 0 Å². The Balaban J connectivity index is 2.40. The molecular weight excluding hydrogens is 365 g/mol. The number of alkyl halides is 1. The Morgan fingerprint density at radius 3 is 2.83 bits per heavy atom. The van der Waals surface area contributed by atoms with E-state index in [1.807, 2.05) is 18.2 Å². The Kier molecular flexibility index (Phi) is 4.17. The normalized spacial score (nSPS) is 19.8. The summed E-state index contributed by atoms with van der Waals surface area (Å²) in [5.74, 6) is 0.820. The number of carbonyl (C=O) groups excluding carboxylic acids is 1. The highest BCUT2D eigenvalue weighted by atomic mass is 127. The van der Waals surface area contributed by atoms with Crippen LogP contribution in [0.2, 0.25) is 5.02 Å². The average Bonchev–Trinajstić information content (AvgIpc) is 2.37. The van der Waals surface area contributed by atoms with Gasteiger partial charge in [-0.2, -0.15) is 0 Å². The van der Waals surface area contributed by atoms with E-state index < -0.39 is 0 Å². The number of halogens is 2. The molecule has 18 heavy (non-hydrogen) atoms. The fourth-order valence-corrected chi connectivity index (χ4v) is 2.84. The van der Waals surface area contributed by atoms with Gasteiger partial charge in [0.1, 0.15) is 5.75 Å². The second-order valence-corrected chi connectivity index (χ2v) is 5.95. The molecule has 0 aromatic heterocycles. The number of nitrogens with zero attached hydrogens (tertiary/aromatic N) is 1. The Morgan fingerprint density at radius 2 is 2.22 bits per heavy atom. The van der Waals surface area contributed by atoms with Crippen molar-refractivity contribution in [3.63, 3.8) is 0 Å². The Morgan fingerprint density at radius 1 is 1.50 bits per heavy atom. The standard InChI is InChI=1S/C13H13ClINO2/c1-16-12(6-5-11(15)13(16)17)9-4-3-8(18-2)7-10(9)14/h3-4,6-7,11H,5H2,1-2H3. The number of allylic oxidation sites excluding steroid dienone is 1. The van der Waals surface area contributed by atoms with E-state index in [2.05, 4.69) is 22.6 Å². The average molecular weight is 378 g/mol. The summed E-state index contributed by atoms with van der Waals surface area (Å²) in [6.45, 7) is 0. The topological polar surface area (TPSA) is 29.5 Å². The van der Waals surface area contributed by atoms with Gasteiger partial charge in [0.15, 0.2) is 0 Å². The van der Waals surface area contributed by atoms with E-state index in [9.17, 15) is 4.79 Å². The third-order valence-electron chi connectivity index (χ3n) is 2.93. The van der Waals surface area contributed by atoms with Crippen LogP contribution in [0.3, 0.4) is 0 Å². The Labute approximate surface area is 125 Å². The maximum absolute atomic E-state index is 12.0. The summed E-state index contributed by atoms with van der Waals surface area (Å²) in [5, 5.41) is 0.590. The first-order valence-electron chi connectivity index (χ1n) is 5.50. The van der Waals surface area contributed by atoms with Gasteiger partial charge < -0.3 is 9.64 Å². The predicted molar refractivity (Wildman–Crippen MR) is 81.2 cm³/mol. The van der Waals surface area contributed by atoms with Gasteiger partial charge in [-0.25, -0.2) is 0 Å². The largest absolute Gasteiger partial charge is 0.497 e. The van der Waals surface area contributed by atoms with Crippen LogP contribution in [0.5, 0.6) is 5.75 Å². The van der Waals surface area contributed by atoms with Crippen molar-refractivity contribution in [3.05, 3.63) is 34.9 Å². The summed E-state index contributed by atoms with van der Waals surface area (Å²) < 4.78 is 5.12. The second-order valence-electron chi connectivity index (χ2n) is 4.04. The molecule has 1 aliphatic heterocycles. The van der Waals surface area contributed by atoms with Crippen molar-refractivity contribution >= 4 is 45.8 Å². The number of rotatable bonds is 2. The van der Waals surface area contributed by atoms with E-state index in [1.54, 1.807) is 25.1 Å². The highest BCUT2D eigenvalue weighted by molar-refractivity contribution is 14.1. The zero-order valence-corrected chi connectivity index (χ0v) is 13.0. The van der Waals surface area contributed by atoms with Gasteiger partial charge in [-0.3, -0.25) is 4.79 Å². The van der Waals surface area contributed by atoms with Gasteiger partial charge in [0.25, 0.3) is 0 Å². The lowest BCUT2D eigenvalue weighted by Crippen LogP contribution is -2.35. The molecule has 5 heteroatoms. The second kappa shape index (κ2) is 5.48. The molecule has 0 aliphatic carbocycles. The van der Waals surface area contributed by atoms with Gasteiger partial charge in [-0.15, -0.1) is 0 Å². The van der Waals surface area contributed by atoms with Gasteiger partial charge in [-0.05, 0) is 24.6 Å². The zero-order valence-electron chi connectivity index (χ0n) is 10.1. The Hall–Kier alpha value is -0.750. The van der Waals surface area contributed by atoms with Crippen molar-refractivity contribution < 1.29 is 9.53 Å². The van der Waals surface area contributed by atoms with Crippen LogP contribution in [0.25, 0.3) is 5.70 Å². The molecule has 0 bridgehead atoms. The minimum atomic E-state index is 0.00775. The van der Waals surface area contributed by atoms with Crippen molar-refractivity contribution in [1.82, 2.24) is 4.90 Å². The summed E-state index contributed by atoms with van der Waals surface area (Å²) in [6, 6.07) is 5.48. The van der Waals surface area contributed by atoms with Crippen molar-refractivity contribution in [2.24, 2.45) is 0 Å². The molecule has 0 spiro atoms. The first kappa shape index (κ1) is 13.7. The van der Waals surface area contributed by atoms with Crippen LogP contribution < -0.4 is 4.74 Å². The fraction of sp³-hybridized carbons (Fsp3) is 0.308. The number of carbonyl (C=O) groups is 1. The minimum absolute atomic E-state index is 0.00775. The molecule has 0 saturated heterocycles. The Bertz CT molecular complexity index is 516. The molecule has 0 saturated carbocycles. The molecule has 1 unspecified atom stereocenters. The van der Waals surface area contributed by atoms with Crippen LogP contribution in [-0.4, -0.2) is 28.9 Å². The summed E-state index contributed by atoms with van der Waals surface area (Å²) in [7, 11) is 3.38. The van der Waals surface area contributed by atoms with E-state index in [0.29, 0.717) is 10.8 Å². The number of amides is 1. The minimum Gasteiger partial charge on any atom is -0.497 e. The maximum atomic E-state index is 12.0. The fourth-order valence-electron chi connectivity index (χ4n) is 1.90. The molecule has 1 atom stereocenters. The number of hydrogen-bond acceptors (Lipinski definition) is 2. The molecule has 96 valence electrons. The molecule has 0 fully saturated rings. The summed E-state index contributed by atoms with van der Waals surface area (Å²) >= 11 is 8.39. The van der Waals surface area contributed by atoms with Crippen molar-refractivity contribution in [2.75, 3.05) is 14.2 Å². The van der Waals surface area contributed by atoms with Crippen molar-refractivity contribution in [1.29, 1.82) is 0 Å². The predicted octanol–water partition coefficient (Wildman–Crippen LogP) is 3.36. The molecule has 0 N–H and O–H groups in total. The smallest absolute Gasteiger partial charge is 0.240 e. The third-order valence-corrected chi connectivity index (χ3v) is 4.28. The lowest BCUT2D eigenvalue weighted by Gasteiger charge is -2.28. The van der Waals surface area contributed by atoms with E-state index in [1.165, 1.54) is 0 Å². The molecule has 0 radical (unpaired) electrons. The van der Waals surface area contributed by atoms with Gasteiger partial charge in [0.05, 0.1) is 16.1 Å². The molecule has 3 nitrogen and oxygen atoms in total. The molecule has 1 aromatic rings. The molecule has 1 amide bonds. The van der Waals surface area contributed by atoms with Crippen LogP contribution in [0, 0.1) is 0 Å². The van der Waals surface area contributed by atoms with Crippen LogP contribution in [-0.2, 0) is 4.79 Å². The molecule has 1 heterocycles. The lowest BCUT2D eigenvalue weighted by atomic mass is 10.0. The van der Waals surface area contributed by atoms with E-state index >= 15 is 0 Å². The SMILES string of the molecule is COc1ccc(C2=CCC(I)C(=O)N2C)c(Cl)c1. The molecule has 2 rings (SSSR count). The number of ether oxygens (including phenoxy) is 1. The summed E-state index contributed by atoms with van der Waals surface area (Å²) in [5.41, 5.74) is 1.72. The van der Waals surface area contributed by atoms with Crippen molar-refractivity contribution in [2.45, 2.75) is 10.3 Å². The molecule has 1 aromatic carbocycles. The summed E-state index contributed by atoms with van der Waals surface area (Å²) in [4.78, 5) is 13.6. The highest BCUT2D eigenvalue weighted by Crippen LogP contribution is 2.33. The lowest BCUT2D eigenvalue weighted by molar-refractivity contribution is -0.126. The number of methoxy groups -OCH3 is 1. The molecular formula is C13H13ClINO2. The molecule has 1 aliphatic rings. The highest BCUT2D eigenvalue weighted by Gasteiger charge is 2.27. The maximum Gasteiger partial charge on any atom is 0.240 e. The van der Waals surface area contributed by atoms with Gasteiger partial charge in [0, 0.05) is 18.3 Å². The van der Waals surface area contributed by atoms with Crippen LogP contribution >= 0.6 is 34.2 Å². The van der Waals surface area contributed by atoms with Crippen LogP contribution in [0.1, 0.15) is 12.0 Å². The van der Waals surface area contributed by atoms with Gasteiger partial charge in [-0.1, -0.05) is 40.3 Å². The first-order chi connectivity index (χ1) is 8.54. The van der Waals surface area contributed by atoms with Crippen molar-refractivity contribution in [3.8, 4) is 5.75 Å². The quantitative estimate of drug-likeness (QED) is 0.584. The number of hydrogen-bond donors (Lipinski definition) is 0. The first-order valence-corrected chi connectivity index (χ1v) is 7.12. The third kappa shape index (κ3) is 2.49. The van der Waals surface area contributed by atoms with Gasteiger partial charge in [0.2, 0.25) is 5.91 Å². The monoisotopic (exact) mass is 377 g/mol. The van der Waals surface area contributed by atoms with Crippen LogP contribution in [0.4, 0.5) is 0 Å².